The lowest BCUT2D eigenvalue weighted by Crippen LogP contribution is -2.05. The first kappa shape index (κ1) is 14.1. The summed E-state index contributed by atoms with van der Waals surface area (Å²) in [6.07, 6.45) is 0. The fraction of sp³-hybridized carbons (Fsp3) is 0.143. The van der Waals surface area contributed by atoms with Gasteiger partial charge in [0, 0.05) is 23.7 Å². The fourth-order valence-electron chi connectivity index (χ4n) is 1.63. The first-order valence-electron chi connectivity index (χ1n) is 5.66. The van der Waals surface area contributed by atoms with Crippen LogP contribution in [0, 0.1) is 5.82 Å². The fourth-order valence-corrected chi connectivity index (χ4v) is 1.92. The molecule has 2 rings (SSSR count). The minimum absolute atomic E-state index is 0.109. The molecule has 100 valence electrons. The summed E-state index contributed by atoms with van der Waals surface area (Å²) in [7, 11) is 0. The molecule has 0 bridgehead atoms. The Kier molecular flexibility index (Phi) is 4.64. The van der Waals surface area contributed by atoms with Crippen molar-refractivity contribution in [2.75, 3.05) is 0 Å². The zero-order valence-corrected chi connectivity index (χ0v) is 11.5. The van der Waals surface area contributed by atoms with Crippen molar-refractivity contribution in [1.29, 1.82) is 0 Å². The van der Waals surface area contributed by atoms with Crippen LogP contribution in [0.1, 0.15) is 11.1 Å². The maximum atomic E-state index is 13.9. The molecule has 2 aromatic rings. The monoisotopic (exact) mass is 299 g/mol. The summed E-state index contributed by atoms with van der Waals surface area (Å²) in [4.78, 5) is 0. The zero-order chi connectivity index (χ0) is 13.8. The maximum Gasteiger partial charge on any atom is 0.134 e. The van der Waals surface area contributed by atoms with Gasteiger partial charge in [0.1, 0.15) is 18.2 Å². The van der Waals surface area contributed by atoms with Gasteiger partial charge in [0.25, 0.3) is 0 Å². The van der Waals surface area contributed by atoms with Gasteiger partial charge in [-0.15, -0.1) is 0 Å². The molecule has 0 atom stereocenters. The molecule has 0 fully saturated rings. The molecule has 0 amide bonds. The molecule has 0 aromatic heterocycles. The Labute approximate surface area is 120 Å². The molecule has 0 heterocycles. The van der Waals surface area contributed by atoms with Crippen LogP contribution in [0.3, 0.4) is 0 Å². The van der Waals surface area contributed by atoms with Crippen molar-refractivity contribution in [3.63, 3.8) is 0 Å². The van der Waals surface area contributed by atoms with Crippen molar-refractivity contribution in [3.05, 3.63) is 63.4 Å². The largest absolute Gasteiger partial charge is 0.489 e. The highest BCUT2D eigenvalue weighted by Gasteiger charge is 2.08. The van der Waals surface area contributed by atoms with E-state index in [0.717, 1.165) is 0 Å². The molecule has 0 aliphatic rings. The highest BCUT2D eigenvalue weighted by molar-refractivity contribution is 6.42. The molecule has 0 saturated carbocycles. The van der Waals surface area contributed by atoms with Gasteiger partial charge in [-0.1, -0.05) is 41.4 Å². The second-order valence-electron chi connectivity index (χ2n) is 3.96. The molecule has 2 aromatic carbocycles. The topological polar surface area (TPSA) is 35.2 Å². The van der Waals surface area contributed by atoms with E-state index >= 15 is 0 Å². The smallest absolute Gasteiger partial charge is 0.134 e. The third kappa shape index (κ3) is 3.38. The van der Waals surface area contributed by atoms with Crippen LogP contribution in [0.4, 0.5) is 4.39 Å². The molecule has 0 unspecified atom stereocenters. The van der Waals surface area contributed by atoms with Crippen molar-refractivity contribution < 1.29 is 9.13 Å². The van der Waals surface area contributed by atoms with Crippen LogP contribution in [0.25, 0.3) is 0 Å². The average Bonchev–Trinajstić information content (AvgIpc) is 2.41. The second kappa shape index (κ2) is 6.24. The lowest BCUT2D eigenvalue weighted by molar-refractivity contribution is 0.299. The van der Waals surface area contributed by atoms with Crippen LogP contribution in [0.2, 0.25) is 10.0 Å². The quantitative estimate of drug-likeness (QED) is 0.919. The standard InChI is InChI=1S/C14H12Cl2FNO/c15-12-5-4-11(6-13(12)16)19-8-10-3-1-2-9(7-18)14(10)17/h1-6H,7-8,18H2. The summed E-state index contributed by atoms with van der Waals surface area (Å²) in [5, 5.41) is 0.848. The summed E-state index contributed by atoms with van der Waals surface area (Å²) in [5.41, 5.74) is 6.37. The van der Waals surface area contributed by atoms with E-state index in [4.69, 9.17) is 33.7 Å². The average molecular weight is 300 g/mol. The highest BCUT2D eigenvalue weighted by atomic mass is 35.5. The minimum atomic E-state index is -0.329. The summed E-state index contributed by atoms with van der Waals surface area (Å²) in [6.45, 7) is 0.268. The summed E-state index contributed by atoms with van der Waals surface area (Å²) in [6, 6.07) is 9.96. The number of hydrogen-bond acceptors (Lipinski definition) is 2. The molecule has 0 aliphatic heterocycles. The number of ether oxygens (including phenoxy) is 1. The molecule has 0 spiro atoms. The SMILES string of the molecule is NCc1cccc(COc2ccc(Cl)c(Cl)c2)c1F. The Morgan fingerprint density at radius 2 is 1.79 bits per heavy atom. The Balaban J connectivity index is 2.12. The number of halogens is 3. The molecule has 2 N–H and O–H groups in total. The van der Waals surface area contributed by atoms with Gasteiger partial charge >= 0.3 is 0 Å². The molecule has 0 aliphatic carbocycles. The van der Waals surface area contributed by atoms with E-state index in [1.165, 1.54) is 0 Å². The third-order valence-electron chi connectivity index (χ3n) is 2.66. The van der Waals surface area contributed by atoms with E-state index in [1.807, 2.05) is 0 Å². The predicted octanol–water partition coefficient (Wildman–Crippen LogP) is 4.17. The van der Waals surface area contributed by atoms with Crippen LogP contribution in [-0.4, -0.2) is 0 Å². The van der Waals surface area contributed by atoms with E-state index in [1.54, 1.807) is 36.4 Å². The first-order valence-corrected chi connectivity index (χ1v) is 6.41. The van der Waals surface area contributed by atoms with Gasteiger partial charge in [-0.05, 0) is 12.1 Å². The van der Waals surface area contributed by atoms with Crippen molar-refractivity contribution >= 4 is 23.2 Å². The van der Waals surface area contributed by atoms with Crippen molar-refractivity contribution in [3.8, 4) is 5.75 Å². The van der Waals surface area contributed by atoms with Crippen molar-refractivity contribution in [1.82, 2.24) is 0 Å². The van der Waals surface area contributed by atoms with E-state index in [9.17, 15) is 4.39 Å². The summed E-state index contributed by atoms with van der Waals surface area (Å²) >= 11 is 11.7. The maximum absolute atomic E-state index is 13.9. The molecular weight excluding hydrogens is 288 g/mol. The second-order valence-corrected chi connectivity index (χ2v) is 4.77. The van der Waals surface area contributed by atoms with Gasteiger partial charge in [0.05, 0.1) is 10.0 Å². The van der Waals surface area contributed by atoms with Crippen LogP contribution in [0.15, 0.2) is 36.4 Å². The van der Waals surface area contributed by atoms with Crippen LogP contribution in [-0.2, 0) is 13.2 Å². The first-order chi connectivity index (χ1) is 9.11. The molecule has 19 heavy (non-hydrogen) atoms. The lowest BCUT2D eigenvalue weighted by Gasteiger charge is -2.09. The Hall–Kier alpha value is -1.29. The highest BCUT2D eigenvalue weighted by Crippen LogP contribution is 2.27. The van der Waals surface area contributed by atoms with E-state index < -0.39 is 0 Å². The minimum Gasteiger partial charge on any atom is -0.489 e. The van der Waals surface area contributed by atoms with Crippen LogP contribution in [0.5, 0.6) is 5.75 Å². The van der Waals surface area contributed by atoms with Crippen LogP contribution < -0.4 is 10.5 Å². The molecule has 0 radical (unpaired) electrons. The van der Waals surface area contributed by atoms with Crippen molar-refractivity contribution in [2.45, 2.75) is 13.2 Å². The predicted molar refractivity (Wildman–Crippen MR) is 75.1 cm³/mol. The number of benzene rings is 2. The molecule has 5 heteroatoms. The lowest BCUT2D eigenvalue weighted by atomic mass is 10.1. The summed E-state index contributed by atoms with van der Waals surface area (Å²) < 4.78 is 19.4. The molecular formula is C14H12Cl2FNO. The Morgan fingerprint density at radius 3 is 2.47 bits per heavy atom. The number of nitrogens with two attached hydrogens (primary N) is 1. The molecule has 2 nitrogen and oxygen atoms in total. The summed E-state index contributed by atoms with van der Waals surface area (Å²) in [5.74, 6) is 0.206. The third-order valence-corrected chi connectivity index (χ3v) is 3.40. The number of hydrogen-bond donors (Lipinski definition) is 1. The zero-order valence-electron chi connectivity index (χ0n) is 10.00. The van der Waals surface area contributed by atoms with E-state index in [-0.39, 0.29) is 19.0 Å². The van der Waals surface area contributed by atoms with Crippen LogP contribution >= 0.6 is 23.2 Å². The normalized spacial score (nSPS) is 10.5. The Bertz CT molecular complexity index is 590. The number of rotatable bonds is 4. The Morgan fingerprint density at radius 1 is 1.05 bits per heavy atom. The molecule has 0 saturated heterocycles. The van der Waals surface area contributed by atoms with Gasteiger partial charge in [-0.3, -0.25) is 0 Å². The van der Waals surface area contributed by atoms with Gasteiger partial charge in [-0.2, -0.15) is 0 Å². The van der Waals surface area contributed by atoms with Crippen molar-refractivity contribution in [2.24, 2.45) is 5.73 Å². The van der Waals surface area contributed by atoms with E-state index in [0.29, 0.717) is 26.9 Å². The van der Waals surface area contributed by atoms with Gasteiger partial charge in [0.2, 0.25) is 0 Å². The van der Waals surface area contributed by atoms with Gasteiger partial charge < -0.3 is 10.5 Å². The van der Waals surface area contributed by atoms with E-state index in [2.05, 4.69) is 0 Å². The van der Waals surface area contributed by atoms with Gasteiger partial charge in [0.15, 0.2) is 0 Å². The van der Waals surface area contributed by atoms with Gasteiger partial charge in [-0.25, -0.2) is 4.39 Å².